The summed E-state index contributed by atoms with van der Waals surface area (Å²) in [5, 5.41) is 0. The van der Waals surface area contributed by atoms with Crippen molar-refractivity contribution in [2.45, 2.75) is 44.6 Å². The molecule has 0 bridgehead atoms. The van der Waals surface area contributed by atoms with E-state index in [1.165, 1.54) is 29.4 Å². The molecule has 0 heterocycles. The Morgan fingerprint density at radius 3 is 2.58 bits per heavy atom. The number of hydrogen-bond donors (Lipinski definition) is 1. The van der Waals surface area contributed by atoms with Crippen molar-refractivity contribution in [3.8, 4) is 0 Å². The summed E-state index contributed by atoms with van der Waals surface area (Å²) in [5.74, 6) is 1.14. The van der Waals surface area contributed by atoms with Gasteiger partial charge in [0.05, 0.1) is 0 Å². The third-order valence-electron chi connectivity index (χ3n) is 1.58. The zero-order valence-corrected chi connectivity index (χ0v) is 11.5. The first-order valence-corrected chi connectivity index (χ1v) is 6.61. The van der Waals surface area contributed by atoms with Gasteiger partial charge < -0.3 is 0 Å². The fraction of sp³-hybridized carbons (Fsp3) is 1.00. The summed E-state index contributed by atoms with van der Waals surface area (Å²) >= 11 is 3.06. The van der Waals surface area contributed by atoms with E-state index in [1.807, 2.05) is 11.8 Å². The van der Waals surface area contributed by atoms with E-state index in [0.29, 0.717) is 11.5 Å². The first kappa shape index (κ1) is 13.1. The van der Waals surface area contributed by atoms with Crippen molar-refractivity contribution in [3.63, 3.8) is 0 Å². The Hall–Kier alpha value is 1.07. The van der Waals surface area contributed by atoms with E-state index < -0.39 is 0 Å². The second kappa shape index (κ2) is 8.66. The molecule has 0 radical (unpaired) electrons. The predicted molar refractivity (Wildman–Crippen MR) is 56.3 cm³/mol. The second-order valence-electron chi connectivity index (χ2n) is 2.91. The Morgan fingerprint density at radius 2 is 2.17 bits per heavy atom. The van der Waals surface area contributed by atoms with Gasteiger partial charge in [-0.1, -0.05) is 0 Å². The molecule has 0 aliphatic rings. The van der Waals surface area contributed by atoms with Crippen LogP contribution in [0, 0.1) is 0 Å². The van der Waals surface area contributed by atoms with Crippen LogP contribution in [0.5, 0.6) is 0 Å². The van der Waals surface area contributed by atoms with E-state index >= 15 is 0 Å². The Morgan fingerprint density at radius 1 is 1.50 bits per heavy atom. The van der Waals surface area contributed by atoms with Crippen molar-refractivity contribution >= 4 is 34.7 Å². The molecule has 0 saturated heterocycles. The van der Waals surface area contributed by atoms with Gasteiger partial charge in [-0.15, -0.1) is 0 Å². The van der Waals surface area contributed by atoms with E-state index in [1.54, 1.807) is 0 Å². The van der Waals surface area contributed by atoms with Crippen LogP contribution >= 0.6 is 11.8 Å². The fourth-order valence-electron chi connectivity index (χ4n) is 0.969. The van der Waals surface area contributed by atoms with Gasteiger partial charge in [0.2, 0.25) is 0 Å². The molecule has 2 atom stereocenters. The van der Waals surface area contributed by atoms with Gasteiger partial charge in [0.1, 0.15) is 0 Å². The predicted octanol–water partition coefficient (Wildman–Crippen LogP) is 1.68. The molecule has 2 unspecified atom stereocenters. The van der Waals surface area contributed by atoms with Crippen LogP contribution in [0.1, 0.15) is 33.1 Å². The normalized spacial score (nSPS) is 16.1. The quantitative estimate of drug-likeness (QED) is 0.573. The fourth-order valence-corrected chi connectivity index (χ4v) is 2.66. The molecule has 0 aromatic carbocycles. The summed E-state index contributed by atoms with van der Waals surface area (Å²) in [7, 11) is 0. The second-order valence-corrected chi connectivity index (χ2v) is 5.02. The van der Waals surface area contributed by atoms with Crippen LogP contribution in [0.15, 0.2) is 0 Å². The zero-order valence-electron chi connectivity index (χ0n) is 7.88. The van der Waals surface area contributed by atoms with Gasteiger partial charge in [0, 0.05) is 0 Å². The van der Waals surface area contributed by atoms with Gasteiger partial charge in [-0.2, -0.15) is 0 Å². The van der Waals surface area contributed by atoms with Crippen LogP contribution in [0.3, 0.4) is 0 Å². The minimum atomic E-state index is 0.335. The van der Waals surface area contributed by atoms with E-state index in [9.17, 15) is 0 Å². The van der Waals surface area contributed by atoms with Crippen molar-refractivity contribution in [2.75, 3.05) is 5.75 Å². The maximum atomic E-state index is 5.65. The molecule has 0 aliphatic carbocycles. The van der Waals surface area contributed by atoms with Gasteiger partial charge in [0.15, 0.2) is 0 Å². The van der Waals surface area contributed by atoms with Crippen LogP contribution in [-0.4, -0.2) is 40.2 Å². The van der Waals surface area contributed by atoms with E-state index in [4.69, 9.17) is 8.81 Å². The molecule has 4 heteroatoms. The number of hydrogen-bond acceptors (Lipinski definition) is 3. The van der Waals surface area contributed by atoms with Gasteiger partial charge in [-0.3, -0.25) is 0 Å². The molecule has 0 spiro atoms. The van der Waals surface area contributed by atoms with Crippen molar-refractivity contribution < 1.29 is 3.07 Å². The van der Waals surface area contributed by atoms with Crippen molar-refractivity contribution in [1.29, 1.82) is 0 Å². The van der Waals surface area contributed by atoms with Crippen molar-refractivity contribution in [2.24, 2.45) is 5.73 Å². The summed E-state index contributed by atoms with van der Waals surface area (Å²) < 4.78 is 5.38. The van der Waals surface area contributed by atoms with Crippen LogP contribution < -0.4 is 5.73 Å². The molecule has 2 N–H and O–H groups in total. The van der Waals surface area contributed by atoms with E-state index in [0.717, 1.165) is 18.6 Å². The van der Waals surface area contributed by atoms with E-state index in [2.05, 4.69) is 13.8 Å². The third kappa shape index (κ3) is 7.70. The molecule has 0 fully saturated rings. The molecule has 68 valence electrons. The zero-order chi connectivity index (χ0) is 9.40. The molecule has 0 aliphatic heterocycles. The van der Waals surface area contributed by atoms with Crippen molar-refractivity contribution in [1.82, 2.24) is 0 Å². The first-order chi connectivity index (χ1) is 5.70. The summed E-state index contributed by atoms with van der Waals surface area (Å²) in [5.41, 5.74) is 6.06. The average Bonchev–Trinajstić information content (AvgIpc) is 2.02. The summed E-state index contributed by atoms with van der Waals surface area (Å²) in [6, 6.07) is 0.335. The molecular weight excluding hydrogens is 277 g/mol. The molecule has 2 nitrogen and oxygen atoms in total. The number of thioether (sulfide) groups is 1. The molecule has 12 heavy (non-hydrogen) atoms. The van der Waals surface area contributed by atoms with Gasteiger partial charge in [0.25, 0.3) is 0 Å². The van der Waals surface area contributed by atoms with Crippen LogP contribution in [-0.2, 0) is 3.07 Å². The Balaban J connectivity index is 3.31. The van der Waals surface area contributed by atoms with Gasteiger partial charge >= 0.3 is 93.8 Å². The summed E-state index contributed by atoms with van der Waals surface area (Å²) in [4.78, 5) is 0. The van der Waals surface area contributed by atoms with Crippen LogP contribution in [0.2, 0.25) is 0 Å². The topological polar surface area (TPSA) is 35.2 Å². The summed E-state index contributed by atoms with van der Waals surface area (Å²) in [6.45, 7) is 4.22. The van der Waals surface area contributed by atoms with Gasteiger partial charge in [-0.05, 0) is 0 Å². The Labute approximate surface area is 93.6 Å². The maximum absolute atomic E-state index is 5.65. The SMILES string of the molecule is CCSC(CCCC(C)N)[O][Sn+3]. The van der Waals surface area contributed by atoms with Crippen LogP contribution in [0.4, 0.5) is 0 Å². The molecule has 0 rings (SSSR count). The summed E-state index contributed by atoms with van der Waals surface area (Å²) in [6.07, 6.45) is 3.44. The molecule has 0 aromatic heterocycles. The van der Waals surface area contributed by atoms with Crippen molar-refractivity contribution in [3.05, 3.63) is 0 Å². The van der Waals surface area contributed by atoms with Gasteiger partial charge in [-0.25, -0.2) is 0 Å². The van der Waals surface area contributed by atoms with Crippen LogP contribution in [0.25, 0.3) is 0 Å². The number of rotatable bonds is 7. The average molecular weight is 295 g/mol. The molecule has 0 saturated carbocycles. The Kier molecular flexibility index (Phi) is 9.43. The standard InChI is InChI=1S/C8H18NOS.Sn/c1-3-11-8(10)6-4-5-7(2)9;/h7-8H,3-6,9H2,1-2H3;/q-1;+4. The van der Waals surface area contributed by atoms with E-state index in [-0.39, 0.29) is 0 Å². The Bertz CT molecular complexity index is 103. The first-order valence-electron chi connectivity index (χ1n) is 4.40. The number of nitrogens with two attached hydrogens (primary N) is 1. The molecular formula is C8H18NOSSn+3. The monoisotopic (exact) mass is 296 g/mol. The molecule has 0 amide bonds. The molecule has 0 aromatic rings. The third-order valence-corrected chi connectivity index (χ3v) is 3.92. The minimum absolute atomic E-state index is 0.335.